The summed E-state index contributed by atoms with van der Waals surface area (Å²) in [6, 6.07) is 17.6. The first-order valence-electron chi connectivity index (χ1n) is 7.47. The quantitative estimate of drug-likeness (QED) is 0.914. The van der Waals surface area contributed by atoms with Crippen LogP contribution >= 0.6 is 0 Å². The first-order chi connectivity index (χ1) is 11.2. The summed E-state index contributed by atoms with van der Waals surface area (Å²) >= 11 is 0. The van der Waals surface area contributed by atoms with Gasteiger partial charge in [-0.25, -0.2) is 4.79 Å². The first kappa shape index (κ1) is 14.9. The predicted molar refractivity (Wildman–Crippen MR) is 87.3 cm³/mol. The number of nitriles is 1. The molecule has 5 heteroatoms. The van der Waals surface area contributed by atoms with Crippen molar-refractivity contribution in [3.8, 4) is 6.07 Å². The van der Waals surface area contributed by atoms with Crippen molar-refractivity contribution in [1.29, 1.82) is 5.26 Å². The summed E-state index contributed by atoms with van der Waals surface area (Å²) in [5, 5.41) is 20.7. The monoisotopic (exact) mass is 307 g/mol. The fourth-order valence-electron chi connectivity index (χ4n) is 3.05. The maximum atomic E-state index is 11.0. The normalized spacial score (nSPS) is 16.3. The maximum Gasteiger partial charge on any atom is 0.404 e. The van der Waals surface area contributed by atoms with Gasteiger partial charge in [0.05, 0.1) is 17.7 Å². The molecule has 0 radical (unpaired) electrons. The molecule has 0 saturated carbocycles. The zero-order valence-electron chi connectivity index (χ0n) is 12.6. The average Bonchev–Trinajstić information content (AvgIpc) is 2.54. The molecule has 3 rings (SSSR count). The number of nitrogens with zero attached hydrogens (tertiary/aromatic N) is 2. The number of benzene rings is 2. The van der Waals surface area contributed by atoms with E-state index >= 15 is 0 Å². The number of anilines is 1. The number of nitrogens with one attached hydrogen (secondary N) is 1. The Hall–Kier alpha value is -3.00. The van der Waals surface area contributed by atoms with E-state index in [-0.39, 0.29) is 6.04 Å². The van der Waals surface area contributed by atoms with E-state index in [0.717, 1.165) is 11.3 Å². The summed E-state index contributed by atoms with van der Waals surface area (Å²) in [4.78, 5) is 13.1. The SMILES string of the molecule is N#Cc1ccc2c(c1)CC(NC(=O)O)CN2Cc1ccccc1. The average molecular weight is 307 g/mol. The zero-order valence-corrected chi connectivity index (χ0v) is 12.6. The minimum atomic E-state index is -1.02. The van der Waals surface area contributed by atoms with Gasteiger partial charge in [0.1, 0.15) is 0 Å². The number of fused-ring (bicyclic) bond motifs is 1. The lowest BCUT2D eigenvalue weighted by Gasteiger charge is -2.36. The van der Waals surface area contributed by atoms with E-state index in [2.05, 4.69) is 28.4 Å². The zero-order chi connectivity index (χ0) is 16.2. The lowest BCUT2D eigenvalue weighted by Crippen LogP contribution is -2.47. The van der Waals surface area contributed by atoms with Crippen LogP contribution in [0, 0.1) is 11.3 Å². The van der Waals surface area contributed by atoms with Gasteiger partial charge in [-0.05, 0) is 35.7 Å². The van der Waals surface area contributed by atoms with E-state index < -0.39 is 6.09 Å². The van der Waals surface area contributed by atoms with Gasteiger partial charge in [-0.3, -0.25) is 0 Å². The summed E-state index contributed by atoms with van der Waals surface area (Å²) in [6.07, 6.45) is -0.419. The Morgan fingerprint density at radius 2 is 2.09 bits per heavy atom. The molecular weight excluding hydrogens is 290 g/mol. The van der Waals surface area contributed by atoms with Crippen LogP contribution < -0.4 is 10.2 Å². The van der Waals surface area contributed by atoms with Gasteiger partial charge < -0.3 is 15.3 Å². The standard InChI is InChI=1S/C18H17N3O2/c19-10-14-6-7-17-15(8-14)9-16(20-18(22)23)12-21(17)11-13-4-2-1-3-5-13/h1-8,16,20H,9,11-12H2,(H,22,23). The summed E-state index contributed by atoms with van der Waals surface area (Å²) in [5.41, 5.74) is 3.83. The van der Waals surface area contributed by atoms with Gasteiger partial charge in [0.25, 0.3) is 0 Å². The van der Waals surface area contributed by atoms with Crippen LogP contribution in [0.25, 0.3) is 0 Å². The fourth-order valence-corrected chi connectivity index (χ4v) is 3.05. The van der Waals surface area contributed by atoms with Crippen LogP contribution in [0.4, 0.5) is 10.5 Å². The summed E-state index contributed by atoms with van der Waals surface area (Å²) in [7, 11) is 0. The Labute approximate surface area is 134 Å². The Kier molecular flexibility index (Phi) is 4.15. The van der Waals surface area contributed by atoms with E-state index in [1.165, 1.54) is 5.56 Å². The molecule has 1 atom stereocenters. The van der Waals surface area contributed by atoms with Crippen LogP contribution in [0.5, 0.6) is 0 Å². The fraction of sp³-hybridized carbons (Fsp3) is 0.222. The third-order valence-corrected chi connectivity index (χ3v) is 4.00. The molecule has 2 N–H and O–H groups in total. The van der Waals surface area contributed by atoms with E-state index in [1.54, 1.807) is 0 Å². The molecule has 0 spiro atoms. The topological polar surface area (TPSA) is 76.4 Å². The lowest BCUT2D eigenvalue weighted by molar-refractivity contribution is 0.189. The lowest BCUT2D eigenvalue weighted by atomic mass is 9.95. The Morgan fingerprint density at radius 1 is 1.30 bits per heavy atom. The molecule has 1 aliphatic rings. The molecule has 2 aromatic rings. The Morgan fingerprint density at radius 3 is 2.78 bits per heavy atom. The van der Waals surface area contributed by atoms with Crippen LogP contribution in [0.3, 0.4) is 0 Å². The van der Waals surface area contributed by atoms with E-state index in [0.29, 0.717) is 25.1 Å². The van der Waals surface area contributed by atoms with E-state index in [1.807, 2.05) is 36.4 Å². The molecule has 116 valence electrons. The van der Waals surface area contributed by atoms with E-state index in [9.17, 15) is 4.79 Å². The molecule has 23 heavy (non-hydrogen) atoms. The molecule has 2 aromatic carbocycles. The summed E-state index contributed by atoms with van der Waals surface area (Å²) in [5.74, 6) is 0. The van der Waals surface area contributed by atoms with Gasteiger partial charge in [0.15, 0.2) is 0 Å². The highest BCUT2D eigenvalue weighted by Crippen LogP contribution is 2.29. The van der Waals surface area contributed by atoms with Crippen LogP contribution in [0.1, 0.15) is 16.7 Å². The molecular formula is C18H17N3O2. The highest BCUT2D eigenvalue weighted by atomic mass is 16.4. The second-order valence-electron chi connectivity index (χ2n) is 5.67. The second-order valence-corrected chi connectivity index (χ2v) is 5.67. The highest BCUT2D eigenvalue weighted by Gasteiger charge is 2.25. The van der Waals surface area contributed by atoms with E-state index in [4.69, 9.17) is 10.4 Å². The number of amides is 1. The third-order valence-electron chi connectivity index (χ3n) is 4.00. The molecule has 0 bridgehead atoms. The highest BCUT2D eigenvalue weighted by molar-refractivity contribution is 5.66. The van der Waals surface area contributed by atoms with Crippen molar-refractivity contribution < 1.29 is 9.90 Å². The number of hydrogen-bond donors (Lipinski definition) is 2. The second kappa shape index (κ2) is 6.41. The van der Waals surface area contributed by atoms with Crippen LogP contribution in [0.2, 0.25) is 0 Å². The molecule has 0 aliphatic carbocycles. The minimum Gasteiger partial charge on any atom is -0.465 e. The molecule has 1 unspecified atom stereocenters. The largest absolute Gasteiger partial charge is 0.465 e. The van der Waals surface area contributed by atoms with Crippen LogP contribution in [0.15, 0.2) is 48.5 Å². The molecule has 0 saturated heterocycles. The molecule has 0 aromatic heterocycles. The molecule has 1 aliphatic heterocycles. The van der Waals surface area contributed by atoms with Crippen LogP contribution in [-0.4, -0.2) is 23.8 Å². The van der Waals surface area contributed by atoms with Crippen molar-refractivity contribution in [2.75, 3.05) is 11.4 Å². The van der Waals surface area contributed by atoms with Crippen LogP contribution in [-0.2, 0) is 13.0 Å². The number of hydrogen-bond acceptors (Lipinski definition) is 3. The third kappa shape index (κ3) is 3.43. The number of carbonyl (C=O) groups is 1. The van der Waals surface area contributed by atoms with Gasteiger partial charge in [0, 0.05) is 18.8 Å². The molecule has 5 nitrogen and oxygen atoms in total. The van der Waals surface area contributed by atoms with Gasteiger partial charge in [-0.2, -0.15) is 5.26 Å². The maximum absolute atomic E-state index is 11.0. The summed E-state index contributed by atoms with van der Waals surface area (Å²) < 4.78 is 0. The van der Waals surface area contributed by atoms with Gasteiger partial charge in [-0.15, -0.1) is 0 Å². The van der Waals surface area contributed by atoms with Crippen molar-refractivity contribution in [3.63, 3.8) is 0 Å². The van der Waals surface area contributed by atoms with Crippen molar-refractivity contribution in [2.45, 2.75) is 19.0 Å². The van der Waals surface area contributed by atoms with Gasteiger partial charge in [-0.1, -0.05) is 30.3 Å². The van der Waals surface area contributed by atoms with Crippen molar-refractivity contribution in [2.24, 2.45) is 0 Å². The Balaban J connectivity index is 1.91. The molecule has 0 fully saturated rings. The first-order valence-corrected chi connectivity index (χ1v) is 7.47. The Bertz CT molecular complexity index is 753. The number of rotatable bonds is 3. The van der Waals surface area contributed by atoms with Gasteiger partial charge >= 0.3 is 6.09 Å². The van der Waals surface area contributed by atoms with Crippen molar-refractivity contribution >= 4 is 11.8 Å². The summed E-state index contributed by atoms with van der Waals surface area (Å²) in [6.45, 7) is 1.32. The van der Waals surface area contributed by atoms with Crippen molar-refractivity contribution in [3.05, 3.63) is 65.2 Å². The molecule has 1 amide bonds. The minimum absolute atomic E-state index is 0.183. The number of carboxylic acid groups (broad SMARTS) is 1. The van der Waals surface area contributed by atoms with Gasteiger partial charge in [0.2, 0.25) is 0 Å². The smallest absolute Gasteiger partial charge is 0.404 e. The molecule has 1 heterocycles. The predicted octanol–water partition coefficient (Wildman–Crippen LogP) is 2.76. The van der Waals surface area contributed by atoms with Crippen molar-refractivity contribution in [1.82, 2.24) is 5.32 Å².